The van der Waals surface area contributed by atoms with Crippen molar-refractivity contribution in [2.24, 2.45) is 28.7 Å². The molecule has 3 rings (SSSR count). The average molecular weight is 808 g/mol. The Morgan fingerprint density at radius 1 is 0.655 bits per heavy atom. The summed E-state index contributed by atoms with van der Waals surface area (Å²) in [6, 6.07) is 7.71. The van der Waals surface area contributed by atoms with Crippen molar-refractivity contribution < 1.29 is 38.7 Å². The van der Waals surface area contributed by atoms with E-state index in [2.05, 4.69) is 31.6 Å². The van der Waals surface area contributed by atoms with Crippen LogP contribution < -0.4 is 55.3 Å². The van der Waals surface area contributed by atoms with Crippen LogP contribution in [-0.2, 0) is 46.4 Å². The Kier molecular flexibility index (Phi) is 19.1. The zero-order valence-corrected chi connectivity index (χ0v) is 32.5. The maximum atomic E-state index is 14.1. The van der Waals surface area contributed by atoms with E-state index in [-0.39, 0.29) is 44.3 Å². The van der Waals surface area contributed by atoms with Gasteiger partial charge in [0.25, 0.3) is 0 Å². The number of carbonyl (C=O) groups excluding carboxylic acids is 7. The lowest BCUT2D eigenvalue weighted by molar-refractivity contribution is -0.134. The number of rotatable bonds is 26. The molecule has 19 heteroatoms. The van der Waals surface area contributed by atoms with Gasteiger partial charge < -0.3 is 65.3 Å². The summed E-state index contributed by atoms with van der Waals surface area (Å²) in [5.41, 5.74) is 30.3. The van der Waals surface area contributed by atoms with Crippen molar-refractivity contribution in [1.82, 2.24) is 31.6 Å². The Bertz CT molecular complexity index is 1850. The molecule has 7 amide bonds. The molecule has 17 N–H and O–H groups in total. The SMILES string of the molecule is NCCCC[C@H](NC(=O)[C@H](CCCCN)NC(=O)[C@H](Cc1c[nH]c2ccccc12)NC(=O)CNC(=O)[C@@H](N)Cc1ccc(O)cc1)C(=O)N[C@@H](CCC(N)=O)C(N)=O. The summed E-state index contributed by atoms with van der Waals surface area (Å²) in [4.78, 5) is 94.0. The Morgan fingerprint density at radius 3 is 1.79 bits per heavy atom. The normalized spacial score (nSPS) is 13.6. The second kappa shape index (κ2) is 23.9. The van der Waals surface area contributed by atoms with Crippen LogP contribution in [0.15, 0.2) is 54.7 Å². The minimum Gasteiger partial charge on any atom is -0.508 e. The zero-order valence-electron chi connectivity index (χ0n) is 32.5. The number of H-pyrrole nitrogens is 1. The van der Waals surface area contributed by atoms with Crippen LogP contribution in [0.3, 0.4) is 0 Å². The van der Waals surface area contributed by atoms with E-state index >= 15 is 0 Å². The highest BCUT2D eigenvalue weighted by atomic mass is 16.3. The van der Waals surface area contributed by atoms with Gasteiger partial charge in [0.2, 0.25) is 41.4 Å². The molecule has 1 heterocycles. The molecule has 2 aromatic carbocycles. The molecule has 5 atom stereocenters. The number of nitrogens with one attached hydrogen (secondary N) is 6. The van der Waals surface area contributed by atoms with Crippen LogP contribution in [0.1, 0.15) is 62.5 Å². The summed E-state index contributed by atoms with van der Waals surface area (Å²) in [6.07, 6.45) is 3.63. The lowest BCUT2D eigenvalue weighted by Gasteiger charge is -2.26. The summed E-state index contributed by atoms with van der Waals surface area (Å²) in [6.45, 7) is 0.129. The van der Waals surface area contributed by atoms with Crippen LogP contribution in [0, 0.1) is 0 Å². The van der Waals surface area contributed by atoms with Crippen molar-refractivity contribution in [3.8, 4) is 5.75 Å². The molecule has 3 aromatic rings. The summed E-state index contributed by atoms with van der Waals surface area (Å²) in [5, 5.41) is 23.4. The van der Waals surface area contributed by atoms with Gasteiger partial charge in [0.1, 0.15) is 29.9 Å². The minimum atomic E-state index is -1.23. The molecular formula is C39H57N11O8. The number of hydrogen-bond donors (Lipinski definition) is 12. The van der Waals surface area contributed by atoms with Gasteiger partial charge in [-0.25, -0.2) is 0 Å². The van der Waals surface area contributed by atoms with Crippen LogP contribution in [0.2, 0.25) is 0 Å². The summed E-state index contributed by atoms with van der Waals surface area (Å²) < 4.78 is 0. The van der Waals surface area contributed by atoms with Gasteiger partial charge in [-0.15, -0.1) is 0 Å². The highest BCUT2D eigenvalue weighted by Gasteiger charge is 2.31. The fourth-order valence-corrected chi connectivity index (χ4v) is 6.16. The monoisotopic (exact) mass is 807 g/mol. The van der Waals surface area contributed by atoms with E-state index in [0.29, 0.717) is 49.9 Å². The summed E-state index contributed by atoms with van der Waals surface area (Å²) in [7, 11) is 0. The molecule has 0 spiro atoms. The number of carbonyl (C=O) groups is 7. The number of aromatic amines is 1. The Labute approximate surface area is 336 Å². The van der Waals surface area contributed by atoms with Crippen molar-refractivity contribution in [1.29, 1.82) is 0 Å². The van der Waals surface area contributed by atoms with Crippen molar-refractivity contribution in [3.05, 3.63) is 65.9 Å². The molecule has 0 saturated heterocycles. The van der Waals surface area contributed by atoms with E-state index < -0.39 is 78.1 Å². The molecular weight excluding hydrogens is 750 g/mol. The summed E-state index contributed by atoms with van der Waals surface area (Å²) in [5.74, 6) is -5.01. The van der Waals surface area contributed by atoms with Gasteiger partial charge in [-0.3, -0.25) is 33.6 Å². The number of nitrogens with two attached hydrogens (primary N) is 5. The molecule has 1 aromatic heterocycles. The maximum absolute atomic E-state index is 14.1. The van der Waals surface area contributed by atoms with Crippen molar-refractivity contribution in [2.75, 3.05) is 19.6 Å². The van der Waals surface area contributed by atoms with Gasteiger partial charge in [0.15, 0.2) is 0 Å². The number of fused-ring (bicyclic) bond motifs is 1. The molecule has 0 aliphatic heterocycles. The largest absolute Gasteiger partial charge is 0.508 e. The van der Waals surface area contributed by atoms with E-state index in [1.54, 1.807) is 18.3 Å². The quantitative estimate of drug-likeness (QED) is 0.0396. The molecule has 316 valence electrons. The van der Waals surface area contributed by atoms with Gasteiger partial charge >= 0.3 is 0 Å². The van der Waals surface area contributed by atoms with E-state index in [4.69, 9.17) is 28.7 Å². The van der Waals surface area contributed by atoms with Crippen LogP contribution in [0.5, 0.6) is 5.75 Å². The van der Waals surface area contributed by atoms with Gasteiger partial charge in [0.05, 0.1) is 12.6 Å². The predicted octanol–water partition coefficient (Wildman–Crippen LogP) is -1.95. The first-order chi connectivity index (χ1) is 27.7. The third kappa shape index (κ3) is 15.5. The topological polar surface area (TPSA) is 346 Å². The molecule has 0 bridgehead atoms. The molecule has 0 radical (unpaired) electrons. The molecule has 0 saturated carbocycles. The van der Waals surface area contributed by atoms with Gasteiger partial charge in [-0.1, -0.05) is 30.3 Å². The van der Waals surface area contributed by atoms with Gasteiger partial charge in [0, 0.05) is 29.9 Å². The number of phenolic OH excluding ortho intramolecular Hbond substituents is 1. The number of phenols is 1. The molecule has 0 unspecified atom stereocenters. The van der Waals surface area contributed by atoms with Crippen molar-refractivity contribution in [3.63, 3.8) is 0 Å². The number of amides is 7. The second-order valence-corrected chi connectivity index (χ2v) is 14.0. The van der Waals surface area contributed by atoms with Crippen molar-refractivity contribution >= 4 is 52.3 Å². The third-order valence-corrected chi connectivity index (χ3v) is 9.40. The Balaban J connectivity index is 1.80. The fraction of sp³-hybridized carbons (Fsp3) is 0.462. The van der Waals surface area contributed by atoms with Crippen molar-refractivity contribution in [2.45, 2.75) is 94.4 Å². The highest BCUT2D eigenvalue weighted by Crippen LogP contribution is 2.19. The number of hydrogen-bond acceptors (Lipinski definition) is 11. The minimum absolute atomic E-state index is 0.00301. The first kappa shape index (κ1) is 46.3. The van der Waals surface area contributed by atoms with E-state index in [0.717, 1.165) is 10.9 Å². The standard InChI is InChI=1S/C39H57N11O8/c40-17-5-3-9-30(37(56)48-29(35(44)54)15-16-33(43)52)49-38(57)31(10-4-6-18-41)50-39(58)32(20-24-21-45-28-8-2-1-7-26(24)28)47-34(53)22-46-36(55)27(42)19-23-11-13-25(51)14-12-23/h1-2,7-8,11-14,21,27,29-32,45,51H,3-6,9-10,15-20,22,40-42H2,(H2,43,52)(H2,44,54)(H,46,55)(H,47,53)(H,48,56)(H,49,57)(H,50,58)/t27-,29-,30-,31-,32-/m0/s1. The molecule has 0 aliphatic rings. The molecule has 58 heavy (non-hydrogen) atoms. The number of aromatic hydroxyl groups is 1. The molecule has 19 nitrogen and oxygen atoms in total. The highest BCUT2D eigenvalue weighted by molar-refractivity contribution is 5.96. The van der Waals surface area contributed by atoms with E-state index in [1.165, 1.54) is 12.1 Å². The van der Waals surface area contributed by atoms with Gasteiger partial charge in [-0.05, 0) is 93.8 Å². The van der Waals surface area contributed by atoms with E-state index in [9.17, 15) is 38.7 Å². The first-order valence-corrected chi connectivity index (χ1v) is 19.3. The third-order valence-electron chi connectivity index (χ3n) is 9.40. The van der Waals surface area contributed by atoms with Crippen LogP contribution in [0.4, 0.5) is 0 Å². The Hall–Kier alpha value is -6.05. The van der Waals surface area contributed by atoms with Crippen LogP contribution in [0.25, 0.3) is 10.9 Å². The number of primary amides is 2. The lowest BCUT2D eigenvalue weighted by Crippen LogP contribution is -2.58. The lowest BCUT2D eigenvalue weighted by atomic mass is 10.0. The van der Waals surface area contributed by atoms with Gasteiger partial charge in [-0.2, -0.15) is 0 Å². The predicted molar refractivity (Wildman–Crippen MR) is 216 cm³/mol. The maximum Gasteiger partial charge on any atom is 0.243 e. The molecule has 0 aliphatic carbocycles. The summed E-state index contributed by atoms with van der Waals surface area (Å²) >= 11 is 0. The second-order valence-electron chi connectivity index (χ2n) is 14.0. The smallest absolute Gasteiger partial charge is 0.243 e. The van der Waals surface area contributed by atoms with Crippen LogP contribution >= 0.6 is 0 Å². The first-order valence-electron chi connectivity index (χ1n) is 19.3. The number of aromatic nitrogens is 1. The van der Waals surface area contributed by atoms with Crippen LogP contribution in [-0.4, -0.2) is 101 Å². The number of benzene rings is 2. The number of para-hydroxylation sites is 1. The fourth-order valence-electron chi connectivity index (χ4n) is 6.16. The molecule has 0 fully saturated rings. The average Bonchev–Trinajstić information content (AvgIpc) is 3.60. The van der Waals surface area contributed by atoms with E-state index in [1.807, 2.05) is 24.3 Å². The zero-order chi connectivity index (χ0) is 42.6. The number of unbranched alkanes of at least 4 members (excludes halogenated alkanes) is 2. The Morgan fingerprint density at radius 2 is 1.22 bits per heavy atom.